The van der Waals surface area contributed by atoms with E-state index in [0.29, 0.717) is 35.3 Å². The molecular weight excluding hydrogens is 568 g/mol. The number of benzene rings is 2. The molecule has 0 spiro atoms. The van der Waals surface area contributed by atoms with E-state index in [1.807, 2.05) is 71.0 Å². The highest BCUT2D eigenvalue weighted by Crippen LogP contribution is 2.34. The van der Waals surface area contributed by atoms with Crippen molar-refractivity contribution in [1.82, 2.24) is 10.6 Å². The number of aliphatic carboxylic acids is 1. The van der Waals surface area contributed by atoms with Gasteiger partial charge in [0.05, 0.1) is 0 Å². The fourth-order valence-corrected chi connectivity index (χ4v) is 6.17. The maximum Gasteiger partial charge on any atom is 0.339 e. The third-order valence-corrected chi connectivity index (χ3v) is 8.89. The number of carbonyl (C=O) groups is 3. The molecule has 0 bridgehead atoms. The third-order valence-electron chi connectivity index (χ3n) is 7.79. The molecule has 4 rings (SSSR count). The molecule has 4 aromatic rings. The second-order valence-corrected chi connectivity index (χ2v) is 11.9. The van der Waals surface area contributed by atoms with Gasteiger partial charge in [0.15, 0.2) is 0 Å². The molecule has 228 valence electrons. The molecule has 43 heavy (non-hydrogen) atoms. The zero-order chi connectivity index (χ0) is 31.3. The van der Waals surface area contributed by atoms with Gasteiger partial charge in [0.2, 0.25) is 11.8 Å². The smallest absolute Gasteiger partial charge is 0.339 e. The van der Waals surface area contributed by atoms with Crippen molar-refractivity contribution >= 4 is 51.5 Å². The van der Waals surface area contributed by atoms with Crippen LogP contribution in [0.4, 0.5) is 0 Å². The topological polar surface area (TPSA) is 139 Å². The van der Waals surface area contributed by atoms with Gasteiger partial charge in [0.1, 0.15) is 29.0 Å². The first kappa shape index (κ1) is 31.9. The Morgan fingerprint density at radius 1 is 0.907 bits per heavy atom. The van der Waals surface area contributed by atoms with Gasteiger partial charge in [0, 0.05) is 39.8 Å². The summed E-state index contributed by atoms with van der Waals surface area (Å²) in [7, 11) is 0. The molecule has 0 saturated carbocycles. The monoisotopic (exact) mass is 606 g/mol. The molecule has 2 atom stereocenters. The fraction of sp³-hybridized carbons (Fsp3) is 0.394. The van der Waals surface area contributed by atoms with Crippen molar-refractivity contribution in [3.05, 3.63) is 80.4 Å². The van der Waals surface area contributed by atoms with Crippen molar-refractivity contribution in [3.8, 4) is 0 Å². The molecule has 10 heteroatoms. The summed E-state index contributed by atoms with van der Waals surface area (Å²) in [6.07, 6.45) is 1.04. The number of hydrogen-bond donors (Lipinski definition) is 3. The van der Waals surface area contributed by atoms with Crippen molar-refractivity contribution < 1.29 is 28.3 Å². The highest BCUT2D eigenvalue weighted by molar-refractivity contribution is 7.98. The van der Waals surface area contributed by atoms with Crippen LogP contribution in [0.1, 0.15) is 59.8 Å². The zero-order valence-electron chi connectivity index (χ0n) is 25.2. The Labute approximate surface area is 254 Å². The molecule has 2 amide bonds. The molecule has 3 N–H and O–H groups in total. The lowest BCUT2D eigenvalue weighted by molar-refractivity contribution is -0.141. The van der Waals surface area contributed by atoms with E-state index in [9.17, 15) is 24.3 Å². The molecule has 0 fully saturated rings. The Morgan fingerprint density at radius 2 is 1.58 bits per heavy atom. The Kier molecular flexibility index (Phi) is 10.3. The van der Waals surface area contributed by atoms with Gasteiger partial charge in [-0.3, -0.25) is 9.59 Å². The number of rotatable bonds is 13. The van der Waals surface area contributed by atoms with Gasteiger partial charge >= 0.3 is 11.6 Å². The summed E-state index contributed by atoms with van der Waals surface area (Å²) in [5.41, 5.74) is 4.61. The standard InChI is InChI=1S/C33H38N2O7S/c1-6-10-26(31(37)35-27(32(38)39)17-43-16-22-11-8-7-9-12-22)34-28(36)14-13-23-19(3)25-15-24-18(2)21(5)41-29(24)20(4)30(25)42-33(23)40/h7-9,11-12,15,26-27H,6,10,13-14,16-17H2,1-5H3,(H,34,36)(H,35,37)(H,38,39)/t26-,27-/m1/s1. The summed E-state index contributed by atoms with van der Waals surface area (Å²) in [6, 6.07) is 9.63. The number of furan rings is 1. The molecule has 2 aromatic carbocycles. The quantitative estimate of drug-likeness (QED) is 0.170. The average molecular weight is 607 g/mol. The van der Waals surface area contributed by atoms with Crippen LogP contribution < -0.4 is 16.3 Å². The SMILES string of the molecule is CCC[C@@H](NC(=O)CCc1c(C)c2cc3c(C)c(C)oc3c(C)c2oc1=O)C(=O)N[C@H](CSCc1ccccc1)C(=O)O. The Bertz CT molecular complexity index is 1710. The molecule has 0 aliphatic heterocycles. The number of aryl methyl sites for hydroxylation is 4. The second kappa shape index (κ2) is 13.9. The van der Waals surface area contributed by atoms with Gasteiger partial charge in [-0.2, -0.15) is 11.8 Å². The van der Waals surface area contributed by atoms with Crippen LogP contribution in [-0.4, -0.2) is 40.7 Å². The number of carboxylic acid groups (broad SMARTS) is 1. The number of carboxylic acids is 1. The summed E-state index contributed by atoms with van der Waals surface area (Å²) in [4.78, 5) is 50.8. The van der Waals surface area contributed by atoms with Crippen LogP contribution in [0.15, 0.2) is 50.0 Å². The highest BCUT2D eigenvalue weighted by Gasteiger charge is 2.26. The lowest BCUT2D eigenvalue weighted by Crippen LogP contribution is -2.52. The lowest BCUT2D eigenvalue weighted by atomic mass is 9.98. The molecule has 2 heterocycles. The van der Waals surface area contributed by atoms with Gasteiger partial charge in [-0.05, 0) is 63.3 Å². The van der Waals surface area contributed by atoms with Crippen LogP contribution >= 0.6 is 11.8 Å². The van der Waals surface area contributed by atoms with Crippen LogP contribution in [0.25, 0.3) is 21.9 Å². The van der Waals surface area contributed by atoms with Crippen molar-refractivity contribution in [3.63, 3.8) is 0 Å². The van der Waals surface area contributed by atoms with Gasteiger partial charge in [-0.25, -0.2) is 9.59 Å². The predicted molar refractivity (Wildman–Crippen MR) is 169 cm³/mol. The number of fused-ring (bicyclic) bond motifs is 2. The van der Waals surface area contributed by atoms with E-state index in [2.05, 4.69) is 10.6 Å². The lowest BCUT2D eigenvalue weighted by Gasteiger charge is -2.21. The third kappa shape index (κ3) is 7.30. The summed E-state index contributed by atoms with van der Waals surface area (Å²) in [5, 5.41) is 16.7. The van der Waals surface area contributed by atoms with E-state index in [1.165, 1.54) is 11.8 Å². The summed E-state index contributed by atoms with van der Waals surface area (Å²) < 4.78 is 11.6. The molecule has 0 aliphatic rings. The van der Waals surface area contributed by atoms with E-state index in [4.69, 9.17) is 8.83 Å². The maximum absolute atomic E-state index is 13.0. The van der Waals surface area contributed by atoms with E-state index in [-0.39, 0.29) is 18.6 Å². The number of amides is 2. The first-order valence-electron chi connectivity index (χ1n) is 14.4. The molecule has 2 aromatic heterocycles. The van der Waals surface area contributed by atoms with Gasteiger partial charge in [-0.1, -0.05) is 43.7 Å². The van der Waals surface area contributed by atoms with Crippen molar-refractivity contribution in [2.75, 3.05) is 5.75 Å². The number of nitrogens with one attached hydrogen (secondary N) is 2. The van der Waals surface area contributed by atoms with E-state index in [1.54, 1.807) is 0 Å². The molecule has 0 aliphatic carbocycles. The maximum atomic E-state index is 13.0. The Hall–Kier alpha value is -4.05. The van der Waals surface area contributed by atoms with Gasteiger partial charge in [0.25, 0.3) is 0 Å². The number of thioether (sulfide) groups is 1. The van der Waals surface area contributed by atoms with Crippen LogP contribution in [-0.2, 0) is 26.6 Å². The largest absolute Gasteiger partial charge is 0.480 e. The highest BCUT2D eigenvalue weighted by atomic mass is 32.2. The number of carbonyl (C=O) groups excluding carboxylic acids is 2. The van der Waals surface area contributed by atoms with Crippen LogP contribution in [0.3, 0.4) is 0 Å². The van der Waals surface area contributed by atoms with Gasteiger partial charge in [-0.15, -0.1) is 0 Å². The van der Waals surface area contributed by atoms with Crippen LogP contribution in [0.2, 0.25) is 0 Å². The second-order valence-electron chi connectivity index (χ2n) is 10.8. The zero-order valence-corrected chi connectivity index (χ0v) is 26.0. The normalized spacial score (nSPS) is 12.8. The van der Waals surface area contributed by atoms with Crippen LogP contribution in [0.5, 0.6) is 0 Å². The fourth-order valence-electron chi connectivity index (χ4n) is 5.16. The first-order chi connectivity index (χ1) is 20.5. The molecule has 0 unspecified atom stereocenters. The van der Waals surface area contributed by atoms with E-state index in [0.717, 1.165) is 38.8 Å². The molecular formula is C33H38N2O7S. The van der Waals surface area contributed by atoms with Crippen molar-refractivity contribution in [2.45, 2.75) is 78.1 Å². The minimum Gasteiger partial charge on any atom is -0.480 e. The Balaban J connectivity index is 1.42. The summed E-state index contributed by atoms with van der Waals surface area (Å²) in [6.45, 7) is 9.46. The van der Waals surface area contributed by atoms with Gasteiger partial charge < -0.3 is 24.6 Å². The minimum absolute atomic E-state index is 0.0367. The van der Waals surface area contributed by atoms with E-state index < -0.39 is 35.5 Å². The predicted octanol–water partition coefficient (Wildman–Crippen LogP) is 5.49. The first-order valence-corrected chi connectivity index (χ1v) is 15.6. The number of hydrogen-bond acceptors (Lipinski definition) is 7. The molecule has 9 nitrogen and oxygen atoms in total. The summed E-state index contributed by atoms with van der Waals surface area (Å²) in [5.74, 6) is -0.494. The van der Waals surface area contributed by atoms with Crippen molar-refractivity contribution in [2.24, 2.45) is 0 Å². The Morgan fingerprint density at radius 3 is 2.26 bits per heavy atom. The molecule has 0 saturated heterocycles. The van der Waals surface area contributed by atoms with E-state index >= 15 is 0 Å². The molecule has 0 radical (unpaired) electrons. The average Bonchev–Trinajstić information content (AvgIpc) is 3.26. The summed E-state index contributed by atoms with van der Waals surface area (Å²) >= 11 is 1.41. The van der Waals surface area contributed by atoms with Crippen molar-refractivity contribution in [1.29, 1.82) is 0 Å². The van der Waals surface area contributed by atoms with Crippen LogP contribution in [0, 0.1) is 27.7 Å². The minimum atomic E-state index is -1.14.